The van der Waals surface area contributed by atoms with Crippen LogP contribution in [0.25, 0.3) is 5.69 Å². The maximum Gasteiger partial charge on any atom is 0.237 e. The summed E-state index contributed by atoms with van der Waals surface area (Å²) in [5.74, 6) is 0.612. The molecule has 9 heteroatoms. The third-order valence-electron chi connectivity index (χ3n) is 3.58. The zero-order valence-corrected chi connectivity index (χ0v) is 16.4. The fourth-order valence-electron chi connectivity index (χ4n) is 2.29. The summed E-state index contributed by atoms with van der Waals surface area (Å²) < 4.78 is 7.03. The molecule has 1 amide bonds. The van der Waals surface area contributed by atoms with Crippen molar-refractivity contribution in [3.8, 4) is 11.4 Å². The monoisotopic (exact) mass is 403 g/mol. The van der Waals surface area contributed by atoms with Gasteiger partial charge in [0.2, 0.25) is 11.1 Å². The minimum atomic E-state index is -0.406. The lowest BCUT2D eigenvalue weighted by molar-refractivity contribution is -0.115. The Balaban J connectivity index is 1.69. The van der Waals surface area contributed by atoms with Gasteiger partial charge in [-0.15, -0.1) is 5.10 Å². The molecule has 3 rings (SSSR count). The van der Waals surface area contributed by atoms with Crippen molar-refractivity contribution in [2.75, 3.05) is 11.9 Å². The van der Waals surface area contributed by atoms with Gasteiger partial charge in [0, 0.05) is 10.7 Å². The standard InChI is InChI=1S/C18H18ClN5O2S/c1-3-26-16-9-7-15(8-10-16)24-18(21-22-23-24)27-12(2)17(25)20-14-6-4-5-13(19)11-14/h4-12H,3H2,1-2H3,(H,20,25). The number of thioether (sulfide) groups is 1. The van der Waals surface area contributed by atoms with Crippen LogP contribution in [-0.4, -0.2) is 38.0 Å². The van der Waals surface area contributed by atoms with Gasteiger partial charge in [0.25, 0.3) is 0 Å². The molecule has 0 aliphatic carbocycles. The number of amides is 1. The predicted molar refractivity (Wildman–Crippen MR) is 106 cm³/mol. The molecule has 0 saturated carbocycles. The molecule has 0 radical (unpaired) electrons. The topological polar surface area (TPSA) is 81.9 Å². The molecule has 3 aromatic rings. The molecule has 1 atom stereocenters. The molecule has 0 bridgehead atoms. The van der Waals surface area contributed by atoms with E-state index in [2.05, 4.69) is 20.8 Å². The highest BCUT2D eigenvalue weighted by atomic mass is 35.5. The van der Waals surface area contributed by atoms with Crippen molar-refractivity contribution in [3.63, 3.8) is 0 Å². The molecule has 0 saturated heterocycles. The van der Waals surface area contributed by atoms with Crippen LogP contribution in [0.1, 0.15) is 13.8 Å². The van der Waals surface area contributed by atoms with E-state index in [-0.39, 0.29) is 5.91 Å². The van der Waals surface area contributed by atoms with Crippen LogP contribution in [0.15, 0.2) is 53.7 Å². The molecule has 7 nitrogen and oxygen atoms in total. The zero-order chi connectivity index (χ0) is 19.2. The van der Waals surface area contributed by atoms with Gasteiger partial charge in [-0.25, -0.2) is 0 Å². The third kappa shape index (κ3) is 4.99. The number of hydrogen-bond donors (Lipinski definition) is 1. The molecule has 1 heterocycles. The molecule has 140 valence electrons. The number of anilines is 1. The van der Waals surface area contributed by atoms with Crippen molar-refractivity contribution < 1.29 is 9.53 Å². The van der Waals surface area contributed by atoms with Crippen LogP contribution < -0.4 is 10.1 Å². The summed E-state index contributed by atoms with van der Waals surface area (Å²) in [4.78, 5) is 12.4. The number of carbonyl (C=O) groups is 1. The zero-order valence-electron chi connectivity index (χ0n) is 14.8. The van der Waals surface area contributed by atoms with Gasteiger partial charge < -0.3 is 10.1 Å². The number of ether oxygens (including phenoxy) is 1. The largest absolute Gasteiger partial charge is 0.494 e. The van der Waals surface area contributed by atoms with E-state index in [0.717, 1.165) is 11.4 Å². The summed E-state index contributed by atoms with van der Waals surface area (Å²) in [6.07, 6.45) is 0. The molecular weight excluding hydrogens is 386 g/mol. The van der Waals surface area contributed by atoms with E-state index >= 15 is 0 Å². The average molecular weight is 404 g/mol. The van der Waals surface area contributed by atoms with Gasteiger partial charge in [-0.1, -0.05) is 29.4 Å². The smallest absolute Gasteiger partial charge is 0.237 e. The minimum absolute atomic E-state index is 0.163. The second-order valence-electron chi connectivity index (χ2n) is 5.56. The Labute approximate surface area is 166 Å². The highest BCUT2D eigenvalue weighted by molar-refractivity contribution is 8.00. The SMILES string of the molecule is CCOc1ccc(-n2nnnc2SC(C)C(=O)Nc2cccc(Cl)c2)cc1. The minimum Gasteiger partial charge on any atom is -0.494 e. The number of nitrogens with zero attached hydrogens (tertiary/aromatic N) is 4. The molecular formula is C18H18ClN5O2S. The summed E-state index contributed by atoms with van der Waals surface area (Å²) in [6, 6.07) is 14.4. The normalized spacial score (nSPS) is 11.8. The Morgan fingerprint density at radius 2 is 2.07 bits per heavy atom. The van der Waals surface area contributed by atoms with Crippen molar-refractivity contribution in [1.82, 2.24) is 20.2 Å². The Hall–Kier alpha value is -2.58. The maximum absolute atomic E-state index is 12.4. The molecule has 2 aromatic carbocycles. The number of nitrogens with one attached hydrogen (secondary N) is 1. The van der Waals surface area contributed by atoms with Crippen LogP contribution in [0, 0.1) is 0 Å². The highest BCUT2D eigenvalue weighted by Crippen LogP contribution is 2.25. The van der Waals surface area contributed by atoms with Crippen molar-refractivity contribution >= 4 is 35.0 Å². The fraction of sp³-hybridized carbons (Fsp3) is 0.222. The molecule has 0 aliphatic heterocycles. The van der Waals surface area contributed by atoms with E-state index in [0.29, 0.717) is 22.5 Å². The summed E-state index contributed by atoms with van der Waals surface area (Å²) in [6.45, 7) is 4.33. The van der Waals surface area contributed by atoms with E-state index in [9.17, 15) is 4.79 Å². The fourth-order valence-corrected chi connectivity index (χ4v) is 3.28. The second kappa shape index (κ2) is 8.88. The Morgan fingerprint density at radius 1 is 1.30 bits per heavy atom. The first-order chi connectivity index (χ1) is 13.1. The first-order valence-electron chi connectivity index (χ1n) is 8.31. The first-order valence-corrected chi connectivity index (χ1v) is 9.57. The van der Waals surface area contributed by atoms with E-state index in [4.69, 9.17) is 16.3 Å². The predicted octanol–water partition coefficient (Wildman–Crippen LogP) is 3.83. The highest BCUT2D eigenvalue weighted by Gasteiger charge is 2.19. The summed E-state index contributed by atoms with van der Waals surface area (Å²) >= 11 is 7.22. The molecule has 0 fully saturated rings. The lowest BCUT2D eigenvalue weighted by Crippen LogP contribution is -2.22. The molecule has 1 unspecified atom stereocenters. The van der Waals surface area contributed by atoms with Gasteiger partial charge in [0.15, 0.2) is 0 Å². The quantitative estimate of drug-likeness (QED) is 0.603. The number of carbonyl (C=O) groups excluding carboxylic acids is 1. The number of benzene rings is 2. The molecule has 1 aromatic heterocycles. The number of aromatic nitrogens is 4. The Bertz CT molecular complexity index is 916. The molecule has 0 spiro atoms. The second-order valence-corrected chi connectivity index (χ2v) is 7.30. The van der Waals surface area contributed by atoms with E-state index in [1.165, 1.54) is 11.8 Å². The lowest BCUT2D eigenvalue weighted by Gasteiger charge is -2.12. The third-order valence-corrected chi connectivity index (χ3v) is 4.84. The van der Waals surface area contributed by atoms with E-state index in [1.54, 1.807) is 35.9 Å². The number of tetrazole rings is 1. The van der Waals surface area contributed by atoms with Crippen molar-refractivity contribution in [3.05, 3.63) is 53.6 Å². The Morgan fingerprint density at radius 3 is 2.78 bits per heavy atom. The van der Waals surface area contributed by atoms with Crippen LogP contribution in [0.2, 0.25) is 5.02 Å². The van der Waals surface area contributed by atoms with Crippen LogP contribution in [-0.2, 0) is 4.79 Å². The van der Waals surface area contributed by atoms with E-state index in [1.807, 2.05) is 31.2 Å². The van der Waals surface area contributed by atoms with Crippen LogP contribution in [0.4, 0.5) is 5.69 Å². The van der Waals surface area contributed by atoms with Gasteiger partial charge in [0.1, 0.15) is 5.75 Å². The van der Waals surface area contributed by atoms with Crippen LogP contribution >= 0.6 is 23.4 Å². The average Bonchev–Trinajstić information content (AvgIpc) is 3.10. The number of hydrogen-bond acceptors (Lipinski definition) is 6. The lowest BCUT2D eigenvalue weighted by atomic mass is 10.3. The Kier molecular flexibility index (Phi) is 6.31. The summed E-state index contributed by atoms with van der Waals surface area (Å²) in [7, 11) is 0. The van der Waals surface area contributed by atoms with Crippen molar-refractivity contribution in [2.45, 2.75) is 24.3 Å². The molecule has 27 heavy (non-hydrogen) atoms. The number of rotatable bonds is 7. The van der Waals surface area contributed by atoms with Crippen molar-refractivity contribution in [1.29, 1.82) is 0 Å². The van der Waals surface area contributed by atoms with Crippen LogP contribution in [0.5, 0.6) is 5.75 Å². The number of halogens is 1. The molecule has 0 aliphatic rings. The van der Waals surface area contributed by atoms with Gasteiger partial charge in [-0.05, 0) is 66.7 Å². The summed E-state index contributed by atoms with van der Waals surface area (Å²) in [5.41, 5.74) is 1.43. The van der Waals surface area contributed by atoms with Crippen LogP contribution in [0.3, 0.4) is 0 Å². The van der Waals surface area contributed by atoms with Crippen molar-refractivity contribution in [2.24, 2.45) is 0 Å². The first kappa shape index (κ1) is 19.2. The maximum atomic E-state index is 12.4. The van der Waals surface area contributed by atoms with Gasteiger partial charge in [-0.2, -0.15) is 4.68 Å². The van der Waals surface area contributed by atoms with Gasteiger partial charge >= 0.3 is 0 Å². The van der Waals surface area contributed by atoms with Gasteiger partial charge in [-0.3, -0.25) is 4.79 Å². The summed E-state index contributed by atoms with van der Waals surface area (Å²) in [5, 5.41) is 15.3. The molecule has 1 N–H and O–H groups in total. The van der Waals surface area contributed by atoms with Gasteiger partial charge in [0.05, 0.1) is 17.5 Å². The van der Waals surface area contributed by atoms with E-state index < -0.39 is 5.25 Å².